The molecule has 0 aliphatic rings. The molecule has 0 spiro atoms. The molecule has 0 aliphatic carbocycles. The number of furan rings is 1. The van der Waals surface area contributed by atoms with Crippen molar-refractivity contribution in [3.05, 3.63) is 131 Å². The molecule has 0 bridgehead atoms. The van der Waals surface area contributed by atoms with Crippen molar-refractivity contribution in [1.82, 2.24) is 20.3 Å². The number of halogens is 2. The van der Waals surface area contributed by atoms with Crippen molar-refractivity contribution in [3.63, 3.8) is 0 Å². The molecule has 6 rings (SSSR count). The summed E-state index contributed by atoms with van der Waals surface area (Å²) in [5.74, 6) is 2.10. The van der Waals surface area contributed by atoms with Crippen LogP contribution in [0.3, 0.4) is 0 Å². The van der Waals surface area contributed by atoms with Gasteiger partial charge in [0.1, 0.15) is 47.7 Å². The molecule has 3 aromatic carbocycles. The van der Waals surface area contributed by atoms with Crippen molar-refractivity contribution in [2.75, 3.05) is 11.1 Å². The highest BCUT2D eigenvalue weighted by Crippen LogP contribution is 2.33. The molecule has 4 N–H and O–H groups in total. The lowest BCUT2D eigenvalue weighted by Gasteiger charge is -2.12. The summed E-state index contributed by atoms with van der Waals surface area (Å²) in [5, 5.41) is 7.27. The fourth-order valence-corrected chi connectivity index (χ4v) is 4.71. The third kappa shape index (κ3) is 7.43. The number of ether oxygens (including phenoxy) is 1. The number of fused-ring (bicyclic) bond motifs is 1. The van der Waals surface area contributed by atoms with Crippen LogP contribution in [0.4, 0.5) is 21.7 Å². The number of benzene rings is 3. The smallest absolute Gasteiger partial charge is 0.244 e. The Bertz CT molecular complexity index is 2010. The number of carbonyl (C=O) groups is 1. The number of anilines is 3. The molecule has 0 atom stereocenters. The van der Waals surface area contributed by atoms with Crippen LogP contribution in [0.25, 0.3) is 28.3 Å². The average Bonchev–Trinajstić information content (AvgIpc) is 3.52. The van der Waals surface area contributed by atoms with Gasteiger partial charge in [-0.25, -0.2) is 19.3 Å². The second kappa shape index (κ2) is 13.3. The SMILES string of the molecule is Nc1ccc(/C=C/C(=O)NCc2ccc(-c3ccc4ncnc(Nc5ccc(OCc6cccc(F)c6)c(Cl)c5)c4c3)o2)cn1. The van der Waals surface area contributed by atoms with Gasteiger partial charge in [-0.05, 0) is 90.0 Å². The summed E-state index contributed by atoms with van der Waals surface area (Å²) in [6, 6.07) is 24.3. The number of hydrogen-bond acceptors (Lipinski definition) is 8. The molecular formula is C34H26ClFN6O3. The second-order valence-corrected chi connectivity index (χ2v) is 10.4. The van der Waals surface area contributed by atoms with Gasteiger partial charge in [-0.15, -0.1) is 0 Å². The van der Waals surface area contributed by atoms with Crippen molar-refractivity contribution in [3.8, 4) is 17.1 Å². The molecule has 0 saturated carbocycles. The fourth-order valence-electron chi connectivity index (χ4n) is 4.48. The summed E-state index contributed by atoms with van der Waals surface area (Å²) in [5.41, 5.74) is 9.30. The fraction of sp³-hybridized carbons (Fsp3) is 0.0588. The van der Waals surface area contributed by atoms with E-state index in [2.05, 4.69) is 25.6 Å². The number of rotatable bonds is 10. The van der Waals surface area contributed by atoms with Crippen molar-refractivity contribution in [2.24, 2.45) is 0 Å². The summed E-state index contributed by atoms with van der Waals surface area (Å²) in [7, 11) is 0. The topological polar surface area (TPSA) is 128 Å². The Labute approximate surface area is 262 Å². The highest BCUT2D eigenvalue weighted by Gasteiger charge is 2.12. The molecule has 1 amide bonds. The minimum absolute atomic E-state index is 0.184. The van der Waals surface area contributed by atoms with E-state index in [0.717, 1.165) is 22.0 Å². The predicted molar refractivity (Wildman–Crippen MR) is 172 cm³/mol. The van der Waals surface area contributed by atoms with Crippen LogP contribution in [0.1, 0.15) is 16.9 Å². The number of nitrogens with zero attached hydrogens (tertiary/aromatic N) is 3. The standard InChI is InChI=1S/C34H26ClFN6O3/c35-28-16-25(7-10-31(28)44-19-22-2-1-3-24(36)14-22)42-34-27-15-23(6-9-29(27)40-20-41-34)30-11-8-26(45-30)18-39-33(43)13-5-21-4-12-32(37)38-17-21/h1-17,20H,18-19H2,(H2,37,38)(H,39,43)(H,40,41,42)/b13-5+. The lowest BCUT2D eigenvalue weighted by atomic mass is 10.1. The maximum atomic E-state index is 13.5. The van der Waals surface area contributed by atoms with Crippen molar-refractivity contribution in [2.45, 2.75) is 13.2 Å². The highest BCUT2D eigenvalue weighted by molar-refractivity contribution is 6.32. The zero-order chi connectivity index (χ0) is 31.2. The number of carbonyl (C=O) groups excluding carboxylic acids is 1. The Morgan fingerprint density at radius 1 is 1.00 bits per heavy atom. The van der Waals surface area contributed by atoms with Gasteiger partial charge in [0.15, 0.2) is 0 Å². The Kier molecular flexibility index (Phi) is 8.65. The molecule has 224 valence electrons. The van der Waals surface area contributed by atoms with Crippen LogP contribution in [0.15, 0.2) is 108 Å². The van der Waals surface area contributed by atoms with E-state index in [1.54, 1.807) is 48.7 Å². The number of aromatic nitrogens is 3. The lowest BCUT2D eigenvalue weighted by molar-refractivity contribution is -0.116. The van der Waals surface area contributed by atoms with Gasteiger partial charge in [0.25, 0.3) is 0 Å². The van der Waals surface area contributed by atoms with Crippen LogP contribution < -0.4 is 21.1 Å². The van der Waals surface area contributed by atoms with Gasteiger partial charge in [-0.1, -0.05) is 23.7 Å². The largest absolute Gasteiger partial charge is 0.487 e. The number of amides is 1. The van der Waals surface area contributed by atoms with E-state index < -0.39 is 0 Å². The molecule has 0 aliphatic heterocycles. The van der Waals surface area contributed by atoms with Crippen LogP contribution in [-0.2, 0) is 17.9 Å². The Morgan fingerprint density at radius 2 is 1.91 bits per heavy atom. The van der Waals surface area contributed by atoms with Crippen molar-refractivity contribution >= 4 is 51.8 Å². The van der Waals surface area contributed by atoms with Crippen LogP contribution in [0, 0.1) is 5.82 Å². The minimum Gasteiger partial charge on any atom is -0.487 e. The molecule has 0 unspecified atom stereocenters. The van der Waals surface area contributed by atoms with Gasteiger partial charge in [0, 0.05) is 28.9 Å². The van der Waals surface area contributed by atoms with E-state index in [-0.39, 0.29) is 24.9 Å². The van der Waals surface area contributed by atoms with Crippen LogP contribution in [0.5, 0.6) is 5.75 Å². The van der Waals surface area contributed by atoms with Gasteiger partial charge in [-0.2, -0.15) is 0 Å². The molecule has 3 heterocycles. The van der Waals surface area contributed by atoms with Crippen molar-refractivity contribution < 1.29 is 18.3 Å². The Balaban J connectivity index is 1.12. The van der Waals surface area contributed by atoms with Crippen LogP contribution in [-0.4, -0.2) is 20.9 Å². The maximum Gasteiger partial charge on any atom is 0.244 e. The van der Waals surface area contributed by atoms with E-state index in [9.17, 15) is 9.18 Å². The quantitative estimate of drug-likeness (QED) is 0.136. The molecule has 0 radical (unpaired) electrons. The van der Waals surface area contributed by atoms with E-state index in [4.69, 9.17) is 26.5 Å². The Morgan fingerprint density at radius 3 is 2.73 bits per heavy atom. The first-order valence-corrected chi connectivity index (χ1v) is 14.2. The molecule has 0 fully saturated rings. The molecule has 11 heteroatoms. The molecular weight excluding hydrogens is 595 g/mol. The van der Waals surface area contributed by atoms with Crippen LogP contribution in [0.2, 0.25) is 5.02 Å². The number of nitrogens with two attached hydrogens (primary N) is 1. The second-order valence-electron chi connectivity index (χ2n) is 9.98. The van der Waals surface area contributed by atoms with Crippen LogP contribution >= 0.6 is 11.6 Å². The molecule has 3 aromatic heterocycles. The number of nitrogens with one attached hydrogen (secondary N) is 2. The summed E-state index contributed by atoms with van der Waals surface area (Å²) in [6.07, 6.45) is 6.15. The van der Waals surface area contributed by atoms with Gasteiger partial charge in [0.05, 0.1) is 17.1 Å². The van der Waals surface area contributed by atoms with E-state index >= 15 is 0 Å². The van der Waals surface area contributed by atoms with Gasteiger partial charge >= 0.3 is 0 Å². The summed E-state index contributed by atoms with van der Waals surface area (Å²) in [4.78, 5) is 25.1. The molecule has 45 heavy (non-hydrogen) atoms. The number of pyridine rings is 1. The first-order chi connectivity index (χ1) is 21.9. The zero-order valence-electron chi connectivity index (χ0n) is 23.7. The van der Waals surface area contributed by atoms with E-state index in [0.29, 0.717) is 45.2 Å². The normalized spacial score (nSPS) is 11.2. The minimum atomic E-state index is -0.323. The van der Waals surface area contributed by atoms with Gasteiger partial charge in [-0.3, -0.25) is 4.79 Å². The summed E-state index contributed by atoms with van der Waals surface area (Å²) >= 11 is 6.49. The number of nitrogen functional groups attached to an aromatic ring is 1. The highest BCUT2D eigenvalue weighted by atomic mass is 35.5. The van der Waals surface area contributed by atoms with Crippen molar-refractivity contribution in [1.29, 1.82) is 0 Å². The maximum absolute atomic E-state index is 13.5. The third-order valence-electron chi connectivity index (χ3n) is 6.73. The average molecular weight is 621 g/mol. The van der Waals surface area contributed by atoms with Gasteiger partial charge < -0.3 is 25.5 Å². The predicted octanol–water partition coefficient (Wildman–Crippen LogP) is 7.31. The molecule has 6 aromatic rings. The lowest BCUT2D eigenvalue weighted by Crippen LogP contribution is -2.19. The van der Waals surface area contributed by atoms with E-state index in [1.807, 2.05) is 36.4 Å². The summed E-state index contributed by atoms with van der Waals surface area (Å²) in [6.45, 7) is 0.402. The zero-order valence-corrected chi connectivity index (χ0v) is 24.5. The third-order valence-corrected chi connectivity index (χ3v) is 7.03. The first-order valence-electron chi connectivity index (χ1n) is 13.8. The molecule has 9 nitrogen and oxygen atoms in total. The first kappa shape index (κ1) is 29.3. The van der Waals surface area contributed by atoms with E-state index in [1.165, 1.54) is 24.5 Å². The Hall–Kier alpha value is -5.74. The number of hydrogen-bond donors (Lipinski definition) is 3. The monoisotopic (exact) mass is 620 g/mol. The molecule has 0 saturated heterocycles. The van der Waals surface area contributed by atoms with Gasteiger partial charge in [0.2, 0.25) is 5.91 Å². The summed E-state index contributed by atoms with van der Waals surface area (Å²) < 4.78 is 25.3.